The van der Waals surface area contributed by atoms with Crippen molar-refractivity contribution < 1.29 is 23.9 Å². The lowest BCUT2D eigenvalue weighted by atomic mass is 10.2. The van der Waals surface area contributed by atoms with Gasteiger partial charge in [0.15, 0.2) is 6.61 Å². The number of thiazole rings is 1. The first-order valence-electron chi connectivity index (χ1n) is 9.23. The Morgan fingerprint density at radius 1 is 1.17 bits per heavy atom. The Balaban J connectivity index is 1.53. The van der Waals surface area contributed by atoms with Gasteiger partial charge in [0.2, 0.25) is 0 Å². The maximum Gasteiger partial charge on any atom is 0.341 e. The van der Waals surface area contributed by atoms with Crippen molar-refractivity contribution in [3.8, 4) is 9.88 Å². The van der Waals surface area contributed by atoms with Crippen LogP contribution in [0.1, 0.15) is 34.8 Å². The fraction of sp³-hybridized carbons (Fsp3) is 0.300. The summed E-state index contributed by atoms with van der Waals surface area (Å²) in [5.74, 6) is -1.55. The van der Waals surface area contributed by atoms with Gasteiger partial charge >= 0.3 is 11.9 Å². The van der Waals surface area contributed by atoms with Gasteiger partial charge in [-0.1, -0.05) is 13.0 Å². The lowest BCUT2D eigenvalue weighted by molar-refractivity contribution is -0.146. The van der Waals surface area contributed by atoms with Crippen molar-refractivity contribution in [3.63, 3.8) is 0 Å². The predicted molar refractivity (Wildman–Crippen MR) is 118 cm³/mol. The predicted octanol–water partition coefficient (Wildman–Crippen LogP) is 4.40. The summed E-state index contributed by atoms with van der Waals surface area (Å²) < 4.78 is 10.1. The van der Waals surface area contributed by atoms with Gasteiger partial charge in [-0.3, -0.25) is 9.59 Å². The molecule has 1 N–H and O–H groups in total. The number of ether oxygens (including phenoxy) is 2. The van der Waals surface area contributed by atoms with Crippen LogP contribution < -0.4 is 5.32 Å². The maximum atomic E-state index is 12.2. The monoisotopic (exact) mass is 464 g/mol. The molecule has 10 heteroatoms. The highest BCUT2D eigenvalue weighted by atomic mass is 32.1. The van der Waals surface area contributed by atoms with Crippen LogP contribution in [-0.2, 0) is 31.9 Å². The smallest absolute Gasteiger partial charge is 0.341 e. The molecule has 0 unspecified atom stereocenters. The van der Waals surface area contributed by atoms with Gasteiger partial charge in [-0.2, -0.15) is 0 Å². The second-order valence-electron chi connectivity index (χ2n) is 6.04. The molecule has 7 nitrogen and oxygen atoms in total. The zero-order chi connectivity index (χ0) is 21.5. The zero-order valence-corrected chi connectivity index (χ0v) is 18.9. The molecular formula is C20H20N2O5S3. The number of esters is 2. The van der Waals surface area contributed by atoms with E-state index >= 15 is 0 Å². The Morgan fingerprint density at radius 3 is 2.70 bits per heavy atom. The van der Waals surface area contributed by atoms with E-state index in [0.29, 0.717) is 16.3 Å². The summed E-state index contributed by atoms with van der Waals surface area (Å²) >= 11 is 4.34. The van der Waals surface area contributed by atoms with Gasteiger partial charge in [-0.05, 0) is 30.9 Å². The van der Waals surface area contributed by atoms with E-state index in [9.17, 15) is 14.4 Å². The lowest BCUT2D eigenvalue weighted by Crippen LogP contribution is -2.22. The molecule has 0 spiro atoms. The number of hydrogen-bond donors (Lipinski definition) is 1. The first kappa shape index (κ1) is 22.1. The number of amides is 1. The van der Waals surface area contributed by atoms with Gasteiger partial charge in [0.05, 0.1) is 29.2 Å². The maximum absolute atomic E-state index is 12.2. The molecule has 0 saturated carbocycles. The van der Waals surface area contributed by atoms with Crippen LogP contribution >= 0.6 is 34.0 Å². The Bertz CT molecular complexity index is 1020. The van der Waals surface area contributed by atoms with Crippen molar-refractivity contribution in [1.29, 1.82) is 0 Å². The second kappa shape index (κ2) is 10.5. The summed E-state index contributed by atoms with van der Waals surface area (Å²) in [7, 11) is 0. The quantitative estimate of drug-likeness (QED) is 0.472. The zero-order valence-electron chi connectivity index (χ0n) is 16.4. The molecule has 0 aromatic carbocycles. The molecule has 0 bridgehead atoms. The van der Waals surface area contributed by atoms with E-state index in [1.165, 1.54) is 22.7 Å². The number of hydrogen-bond acceptors (Lipinski definition) is 9. The third-order valence-corrected chi connectivity index (χ3v) is 6.98. The van der Waals surface area contributed by atoms with E-state index in [0.717, 1.165) is 21.2 Å². The summed E-state index contributed by atoms with van der Waals surface area (Å²) in [5, 5.41) is 7.65. The van der Waals surface area contributed by atoms with Gasteiger partial charge in [0.1, 0.15) is 10.0 Å². The van der Waals surface area contributed by atoms with Crippen molar-refractivity contribution in [2.75, 3.05) is 18.5 Å². The standard InChI is InChI=1S/C20H20N2O5S3/c1-3-13-9-14(20(25)26-4-2)18(30-13)22-16(23)10-27-17(24)8-12-11-29-19(21-12)15-6-5-7-28-15/h5-7,9,11H,3-4,8,10H2,1-2H3,(H,22,23). The molecule has 1 amide bonds. The number of thiophene rings is 2. The number of carbonyl (C=O) groups is 3. The minimum atomic E-state index is -0.542. The molecule has 0 aliphatic heterocycles. The summed E-state index contributed by atoms with van der Waals surface area (Å²) in [6, 6.07) is 5.62. The first-order valence-corrected chi connectivity index (χ1v) is 11.8. The molecule has 3 rings (SSSR count). The minimum Gasteiger partial charge on any atom is -0.462 e. The molecule has 30 heavy (non-hydrogen) atoms. The summed E-state index contributed by atoms with van der Waals surface area (Å²) in [5.41, 5.74) is 0.909. The van der Waals surface area contributed by atoms with Gasteiger partial charge in [0.25, 0.3) is 5.91 Å². The molecule has 0 atom stereocenters. The van der Waals surface area contributed by atoms with E-state index in [1.54, 1.807) is 29.7 Å². The number of carbonyl (C=O) groups excluding carboxylic acids is 3. The van der Waals surface area contributed by atoms with Crippen LogP contribution in [0, 0.1) is 0 Å². The Labute approximate surface area is 185 Å². The van der Waals surface area contributed by atoms with E-state index in [4.69, 9.17) is 9.47 Å². The van der Waals surface area contributed by atoms with Gasteiger partial charge in [-0.25, -0.2) is 9.78 Å². The average molecular weight is 465 g/mol. The molecule has 3 aromatic rings. The van der Waals surface area contributed by atoms with E-state index in [2.05, 4.69) is 10.3 Å². The molecule has 0 saturated heterocycles. The number of rotatable bonds is 9. The summed E-state index contributed by atoms with van der Waals surface area (Å²) in [6.07, 6.45) is 0.714. The molecule has 158 valence electrons. The second-order valence-corrected chi connectivity index (χ2v) is 8.98. The number of nitrogens with zero attached hydrogens (tertiary/aromatic N) is 1. The van der Waals surface area contributed by atoms with Crippen LogP contribution in [0.15, 0.2) is 29.0 Å². The van der Waals surface area contributed by atoms with Crippen molar-refractivity contribution in [2.45, 2.75) is 26.7 Å². The van der Waals surface area contributed by atoms with Crippen molar-refractivity contribution >= 4 is 56.9 Å². The highest BCUT2D eigenvalue weighted by Gasteiger charge is 2.19. The summed E-state index contributed by atoms with van der Waals surface area (Å²) in [6.45, 7) is 3.47. The van der Waals surface area contributed by atoms with E-state index in [1.807, 2.05) is 24.4 Å². The Kier molecular flexibility index (Phi) is 7.72. The lowest BCUT2D eigenvalue weighted by Gasteiger charge is -2.07. The van der Waals surface area contributed by atoms with Gasteiger partial charge in [0, 0.05) is 10.3 Å². The molecule has 3 aromatic heterocycles. The first-order chi connectivity index (χ1) is 14.5. The fourth-order valence-corrected chi connectivity index (χ4v) is 5.11. The number of aryl methyl sites for hydroxylation is 1. The molecule has 0 fully saturated rings. The average Bonchev–Trinajstić information content (AvgIpc) is 3.47. The highest BCUT2D eigenvalue weighted by molar-refractivity contribution is 7.20. The third-order valence-electron chi connectivity index (χ3n) is 3.85. The number of nitrogens with one attached hydrogen (secondary N) is 1. The van der Waals surface area contributed by atoms with Crippen LogP contribution in [0.4, 0.5) is 5.00 Å². The normalized spacial score (nSPS) is 10.6. The molecule has 0 radical (unpaired) electrons. The highest BCUT2D eigenvalue weighted by Crippen LogP contribution is 2.30. The van der Waals surface area contributed by atoms with Crippen LogP contribution in [0.5, 0.6) is 0 Å². The van der Waals surface area contributed by atoms with Crippen molar-refractivity contribution in [2.24, 2.45) is 0 Å². The largest absolute Gasteiger partial charge is 0.462 e. The number of anilines is 1. The molecule has 0 aliphatic rings. The summed E-state index contributed by atoms with van der Waals surface area (Å²) in [4.78, 5) is 42.8. The van der Waals surface area contributed by atoms with E-state index < -0.39 is 24.5 Å². The topological polar surface area (TPSA) is 94.6 Å². The van der Waals surface area contributed by atoms with Gasteiger partial charge < -0.3 is 14.8 Å². The molecule has 3 heterocycles. The third kappa shape index (κ3) is 5.74. The van der Waals surface area contributed by atoms with Crippen LogP contribution in [0.2, 0.25) is 0 Å². The van der Waals surface area contributed by atoms with Crippen LogP contribution in [-0.4, -0.2) is 36.0 Å². The minimum absolute atomic E-state index is 0.0117. The van der Waals surface area contributed by atoms with Crippen molar-refractivity contribution in [3.05, 3.63) is 45.1 Å². The number of aromatic nitrogens is 1. The van der Waals surface area contributed by atoms with Gasteiger partial charge in [-0.15, -0.1) is 34.0 Å². The molecule has 0 aliphatic carbocycles. The van der Waals surface area contributed by atoms with Crippen LogP contribution in [0.3, 0.4) is 0 Å². The Hall–Kier alpha value is -2.56. The SMILES string of the molecule is CCOC(=O)c1cc(CC)sc1NC(=O)COC(=O)Cc1csc(-c2cccs2)n1. The van der Waals surface area contributed by atoms with Crippen LogP contribution in [0.25, 0.3) is 9.88 Å². The van der Waals surface area contributed by atoms with Crippen molar-refractivity contribution in [1.82, 2.24) is 4.98 Å². The van der Waals surface area contributed by atoms with E-state index in [-0.39, 0.29) is 13.0 Å². The fourth-order valence-electron chi connectivity index (χ4n) is 2.48. The molecular weight excluding hydrogens is 444 g/mol. The Morgan fingerprint density at radius 2 is 2.00 bits per heavy atom.